The molecule has 9 aromatic rings. The summed E-state index contributed by atoms with van der Waals surface area (Å²) in [7, 11) is 0. The van der Waals surface area contributed by atoms with Crippen LogP contribution in [0.3, 0.4) is 0 Å². The molecule has 0 amide bonds. The average Bonchev–Trinajstić information content (AvgIpc) is 3.72. The van der Waals surface area contributed by atoms with Crippen LogP contribution in [0.25, 0.3) is 83.9 Å². The second-order valence-corrected chi connectivity index (χ2v) is 20.6. The zero-order valence-corrected chi connectivity index (χ0v) is 39.4. The lowest BCUT2D eigenvalue weighted by atomic mass is 9.79. The molecule has 66 heavy (non-hydrogen) atoms. The molecule has 0 saturated heterocycles. The number of aryl methyl sites for hydroxylation is 2. The molecule has 4 nitrogen and oxygen atoms in total. The Kier molecular flexibility index (Phi) is 9.44. The van der Waals surface area contributed by atoms with Crippen molar-refractivity contribution in [2.75, 3.05) is 0 Å². The third kappa shape index (κ3) is 8.49. The van der Waals surface area contributed by atoms with Crippen LogP contribution in [0.5, 0.6) is 5.75 Å². The molecule has 2 aromatic heterocycles. The van der Waals surface area contributed by atoms with Gasteiger partial charge in [-0.15, -0.1) is 0 Å². The molecule has 9 rings (SSSR count). The van der Waals surface area contributed by atoms with Crippen LogP contribution in [0.15, 0.2) is 164 Å². The highest BCUT2D eigenvalue weighted by Crippen LogP contribution is 2.45. The molecule has 0 fully saturated rings. The van der Waals surface area contributed by atoms with Crippen molar-refractivity contribution in [3.63, 3.8) is 0 Å². The maximum atomic E-state index is 12.5. The van der Waals surface area contributed by atoms with Gasteiger partial charge in [0.25, 0.3) is 0 Å². The van der Waals surface area contributed by atoms with Crippen LogP contribution in [0, 0.1) is 13.7 Å². The summed E-state index contributed by atoms with van der Waals surface area (Å²) in [6.07, 6.45) is 1.79. The summed E-state index contributed by atoms with van der Waals surface area (Å²) in [5.41, 5.74) is 12.8. The molecule has 0 bridgehead atoms. The highest BCUT2D eigenvalue weighted by Gasteiger charge is 2.29. The fraction of sp³-hybridized carbons (Fsp3) is 0.226. The largest absolute Gasteiger partial charge is 0.507 e. The summed E-state index contributed by atoms with van der Waals surface area (Å²) in [5, 5.41) is 12.5. The normalized spacial score (nSPS) is 14.0. The lowest BCUT2D eigenvalue weighted by molar-refractivity contribution is 0.446. The summed E-state index contributed by atoms with van der Waals surface area (Å²) >= 11 is 0. The van der Waals surface area contributed by atoms with Gasteiger partial charge in [-0.25, -0.2) is 4.98 Å². The molecule has 0 saturated carbocycles. The minimum absolute atomic E-state index is 0.0943. The molecule has 4 heteroatoms. The highest BCUT2D eigenvalue weighted by molar-refractivity contribution is 5.97. The van der Waals surface area contributed by atoms with Crippen molar-refractivity contribution in [1.82, 2.24) is 14.5 Å². The smallest absolute Gasteiger partial charge is 0.149 e. The summed E-state index contributed by atoms with van der Waals surface area (Å²) < 4.78 is 53.8. The van der Waals surface area contributed by atoms with Crippen LogP contribution >= 0.6 is 0 Å². The zero-order chi connectivity index (χ0) is 51.7. The molecular formula is C62H61N3O. The van der Waals surface area contributed by atoms with E-state index in [2.05, 4.69) is 86.6 Å². The van der Waals surface area contributed by atoms with Gasteiger partial charge in [-0.2, -0.15) is 0 Å². The first kappa shape index (κ1) is 37.2. The Morgan fingerprint density at radius 1 is 0.470 bits per heavy atom. The van der Waals surface area contributed by atoms with Crippen LogP contribution in [-0.4, -0.2) is 19.6 Å². The number of para-hydroxylation sites is 1. The van der Waals surface area contributed by atoms with E-state index in [1.165, 1.54) is 0 Å². The van der Waals surface area contributed by atoms with Gasteiger partial charge in [0.15, 0.2) is 0 Å². The zero-order valence-electron chi connectivity index (χ0n) is 45.4. The Bertz CT molecular complexity index is 3500. The quantitative estimate of drug-likeness (QED) is 0.174. The van der Waals surface area contributed by atoms with Gasteiger partial charge in [-0.1, -0.05) is 165 Å². The summed E-state index contributed by atoms with van der Waals surface area (Å²) in [6.45, 7) is 14.4. The minimum atomic E-state index is -2.52. The molecule has 0 aliphatic rings. The lowest BCUT2D eigenvalue weighted by Crippen LogP contribution is -2.17. The Morgan fingerprint density at radius 3 is 1.79 bits per heavy atom. The maximum absolute atomic E-state index is 12.5. The predicted octanol–water partition coefficient (Wildman–Crippen LogP) is 16.6. The first-order valence-corrected chi connectivity index (χ1v) is 22.7. The molecule has 0 atom stereocenters. The number of hydrogen-bond donors (Lipinski definition) is 1. The van der Waals surface area contributed by atoms with E-state index in [1.807, 2.05) is 126 Å². The number of aromatic nitrogens is 3. The van der Waals surface area contributed by atoms with Crippen molar-refractivity contribution in [3.8, 4) is 78.6 Å². The second kappa shape index (κ2) is 16.7. The number of aromatic hydroxyl groups is 1. The number of phenols is 1. The van der Waals surface area contributed by atoms with E-state index in [-0.39, 0.29) is 22.1 Å². The van der Waals surface area contributed by atoms with Gasteiger partial charge in [0.1, 0.15) is 11.6 Å². The van der Waals surface area contributed by atoms with Gasteiger partial charge >= 0.3 is 0 Å². The minimum Gasteiger partial charge on any atom is -0.507 e. The van der Waals surface area contributed by atoms with Crippen LogP contribution < -0.4 is 0 Å². The van der Waals surface area contributed by atoms with Crippen molar-refractivity contribution in [2.45, 2.75) is 92.3 Å². The van der Waals surface area contributed by atoms with Gasteiger partial charge in [-0.05, 0) is 146 Å². The first-order valence-electron chi connectivity index (χ1n) is 25.7. The number of benzene rings is 7. The fourth-order valence-corrected chi connectivity index (χ4v) is 8.82. The van der Waals surface area contributed by atoms with Crippen LogP contribution in [0.4, 0.5) is 0 Å². The van der Waals surface area contributed by atoms with Crippen molar-refractivity contribution in [1.29, 1.82) is 0 Å². The first-order chi connectivity index (χ1) is 33.8. The predicted molar refractivity (Wildman–Crippen MR) is 279 cm³/mol. The van der Waals surface area contributed by atoms with Gasteiger partial charge in [0.05, 0.1) is 28.0 Å². The monoisotopic (exact) mass is 870 g/mol. The molecule has 7 aromatic carbocycles. The van der Waals surface area contributed by atoms with Crippen LogP contribution in [0.2, 0.25) is 0 Å². The van der Waals surface area contributed by atoms with Crippen molar-refractivity contribution < 1.29 is 13.3 Å². The average molecular weight is 870 g/mol. The summed E-state index contributed by atoms with van der Waals surface area (Å²) in [6, 6.07) is 51.0. The number of hydrogen-bond acceptors (Lipinski definition) is 3. The maximum Gasteiger partial charge on any atom is 0.149 e. The number of fused-ring (bicyclic) bond motifs is 1. The van der Waals surface area contributed by atoms with Crippen molar-refractivity contribution in [2.24, 2.45) is 0 Å². The van der Waals surface area contributed by atoms with E-state index in [9.17, 15) is 5.11 Å². The molecule has 0 aliphatic heterocycles. The number of imidazole rings is 1. The SMILES string of the molecule is [2H]C([2H])([2H])c1ccc(-c2ccnc(-c3cc(-c4cccc5c4nc(-c4cc(C(C)(C)C)cc(C(C)(C)C)c4O)n5-c4ccc(-c5ccccc5)cc4C([2H])([2H])[2H])cc(C(C)(C)C)c3)c2)cc1-c1ccccc1. The molecule has 0 unspecified atom stereocenters. The molecule has 2 heterocycles. The van der Waals surface area contributed by atoms with E-state index in [1.54, 1.807) is 18.3 Å². The molecule has 0 spiro atoms. The molecular weight excluding hydrogens is 803 g/mol. The number of pyridine rings is 1. The van der Waals surface area contributed by atoms with E-state index in [0.717, 1.165) is 66.9 Å². The topological polar surface area (TPSA) is 50.9 Å². The Hall–Kier alpha value is -7.04. The molecule has 1 N–H and O–H groups in total. The lowest BCUT2D eigenvalue weighted by Gasteiger charge is -2.27. The number of phenolic OH excluding ortho intramolecular Hbond substituents is 1. The fourth-order valence-electron chi connectivity index (χ4n) is 8.82. The van der Waals surface area contributed by atoms with Gasteiger partial charge in [-0.3, -0.25) is 9.55 Å². The van der Waals surface area contributed by atoms with E-state index in [4.69, 9.17) is 18.2 Å². The van der Waals surface area contributed by atoms with Crippen molar-refractivity contribution >= 4 is 11.0 Å². The summed E-state index contributed by atoms with van der Waals surface area (Å²) in [5.74, 6) is 0.516. The van der Waals surface area contributed by atoms with E-state index < -0.39 is 19.1 Å². The third-order valence-electron chi connectivity index (χ3n) is 12.7. The Balaban J connectivity index is 1.29. The summed E-state index contributed by atoms with van der Waals surface area (Å²) in [4.78, 5) is 10.4. The van der Waals surface area contributed by atoms with E-state index in [0.29, 0.717) is 39.2 Å². The van der Waals surface area contributed by atoms with E-state index >= 15 is 0 Å². The van der Waals surface area contributed by atoms with Gasteiger partial charge < -0.3 is 5.11 Å². The Labute approximate surface area is 400 Å². The van der Waals surface area contributed by atoms with Gasteiger partial charge in [0.2, 0.25) is 0 Å². The Morgan fingerprint density at radius 2 is 1.11 bits per heavy atom. The number of nitrogens with zero attached hydrogens (tertiary/aromatic N) is 3. The van der Waals surface area contributed by atoms with Crippen molar-refractivity contribution in [3.05, 3.63) is 192 Å². The number of rotatable bonds is 7. The van der Waals surface area contributed by atoms with Crippen LogP contribution in [-0.2, 0) is 16.2 Å². The van der Waals surface area contributed by atoms with Gasteiger partial charge in [0, 0.05) is 31.1 Å². The highest BCUT2D eigenvalue weighted by atomic mass is 16.3. The molecule has 0 aliphatic carbocycles. The standard InChI is InChI=1S/C62H61N3O/c1-39-25-26-44(35-51(39)42-21-16-13-17-22-42)45-29-30-63-54(36-45)47-32-46(33-48(34-47)60(3,4)5)50-23-18-24-56-57(50)64-59(52-37-49(61(6,7)8)38-53(58(52)66)62(9,10)11)65(56)55-28-27-43(31-40(55)2)41-19-14-12-15-20-41/h12-38,66H,1-11H3/i1D3,2D3. The third-order valence-corrected chi connectivity index (χ3v) is 12.7. The second-order valence-electron chi connectivity index (χ2n) is 20.6. The molecule has 0 radical (unpaired) electrons. The van der Waals surface area contributed by atoms with Crippen LogP contribution in [0.1, 0.15) is 98.4 Å². The molecule has 330 valence electrons.